The third kappa shape index (κ3) is 4.41. The minimum Gasteiger partial charge on any atom is -0.451 e. The zero-order chi connectivity index (χ0) is 21.9. The van der Waals surface area contributed by atoms with Gasteiger partial charge in [0.05, 0.1) is 0 Å². The Hall–Kier alpha value is -2.65. The van der Waals surface area contributed by atoms with Crippen molar-refractivity contribution in [3.63, 3.8) is 0 Å². The number of urea groups is 2. The summed E-state index contributed by atoms with van der Waals surface area (Å²) < 4.78 is 5.06. The second kappa shape index (κ2) is 9.01. The van der Waals surface area contributed by atoms with Crippen molar-refractivity contribution >= 4 is 29.8 Å². The Kier molecular flexibility index (Phi) is 6.62. The highest BCUT2D eigenvalue weighted by Crippen LogP contribution is 2.39. The van der Waals surface area contributed by atoms with Crippen LogP contribution in [0.1, 0.15) is 64.7 Å². The predicted molar refractivity (Wildman–Crippen MR) is 105 cm³/mol. The molecule has 0 aromatic carbocycles. The van der Waals surface area contributed by atoms with Crippen LogP contribution in [0.25, 0.3) is 0 Å². The molecule has 30 heavy (non-hydrogen) atoms. The van der Waals surface area contributed by atoms with E-state index >= 15 is 0 Å². The van der Waals surface area contributed by atoms with Gasteiger partial charge in [0, 0.05) is 13.1 Å². The molecule has 3 rings (SSSR count). The summed E-state index contributed by atoms with van der Waals surface area (Å²) in [6, 6.07) is -1.11. The minimum absolute atomic E-state index is 0.0481. The summed E-state index contributed by atoms with van der Waals surface area (Å²) in [7, 11) is 1.58. The van der Waals surface area contributed by atoms with Crippen LogP contribution in [-0.2, 0) is 19.1 Å². The molecular formula is C20H30N4O6. The molecule has 0 aromatic heterocycles. The zero-order valence-corrected chi connectivity index (χ0v) is 17.6. The van der Waals surface area contributed by atoms with E-state index in [1.54, 1.807) is 7.05 Å². The van der Waals surface area contributed by atoms with E-state index in [-0.39, 0.29) is 11.9 Å². The Labute approximate surface area is 175 Å². The number of amides is 6. The van der Waals surface area contributed by atoms with Gasteiger partial charge >= 0.3 is 18.0 Å². The molecule has 1 heterocycles. The fraction of sp³-hybridized carbons (Fsp3) is 0.750. The van der Waals surface area contributed by atoms with E-state index in [0.717, 1.165) is 49.8 Å². The maximum atomic E-state index is 12.9. The number of hydrogen-bond donors (Lipinski definition) is 2. The number of likely N-dealkylation sites (N-methyl/N-ethyl adjacent to an activating group) is 1. The average molecular weight is 422 g/mol. The highest BCUT2D eigenvalue weighted by atomic mass is 16.5. The molecular weight excluding hydrogens is 392 g/mol. The monoisotopic (exact) mass is 422 g/mol. The molecule has 1 saturated heterocycles. The SMILES string of the molecule is C[C@H](OC(=O)CN1C(=O)N(C)C2(CCCCC2)C1=O)C(=O)NC(=O)NC1CCCC1. The van der Waals surface area contributed by atoms with Gasteiger partial charge in [-0.15, -0.1) is 0 Å². The highest BCUT2D eigenvalue weighted by Gasteiger charge is 2.56. The van der Waals surface area contributed by atoms with E-state index in [1.165, 1.54) is 11.8 Å². The Bertz CT molecular complexity index is 727. The summed E-state index contributed by atoms with van der Waals surface area (Å²) in [5.41, 5.74) is -0.878. The van der Waals surface area contributed by atoms with Crippen molar-refractivity contribution in [1.82, 2.24) is 20.4 Å². The lowest BCUT2D eigenvalue weighted by Gasteiger charge is -2.35. The summed E-state index contributed by atoms with van der Waals surface area (Å²) in [5.74, 6) is -2.03. The molecule has 166 valence electrons. The van der Waals surface area contributed by atoms with Gasteiger partial charge in [0.1, 0.15) is 12.1 Å². The van der Waals surface area contributed by atoms with E-state index < -0.39 is 42.1 Å². The van der Waals surface area contributed by atoms with Crippen LogP contribution in [-0.4, -0.2) is 70.9 Å². The van der Waals surface area contributed by atoms with Crippen LogP contribution in [0.2, 0.25) is 0 Å². The van der Waals surface area contributed by atoms with Crippen LogP contribution >= 0.6 is 0 Å². The molecule has 0 unspecified atom stereocenters. The molecule has 1 aliphatic heterocycles. The lowest BCUT2D eigenvalue weighted by molar-refractivity contribution is -0.156. The van der Waals surface area contributed by atoms with Gasteiger partial charge < -0.3 is 15.0 Å². The molecule has 0 aromatic rings. The first-order valence-corrected chi connectivity index (χ1v) is 10.7. The van der Waals surface area contributed by atoms with E-state index in [1.807, 2.05) is 0 Å². The van der Waals surface area contributed by atoms with Crippen molar-refractivity contribution in [3.05, 3.63) is 0 Å². The van der Waals surface area contributed by atoms with Gasteiger partial charge in [-0.3, -0.25) is 24.6 Å². The van der Waals surface area contributed by atoms with Gasteiger partial charge in [-0.05, 0) is 32.6 Å². The second-order valence-corrected chi connectivity index (χ2v) is 8.40. The minimum atomic E-state index is -1.24. The maximum Gasteiger partial charge on any atom is 0.327 e. The fourth-order valence-electron chi connectivity index (χ4n) is 4.59. The molecule has 2 aliphatic carbocycles. The molecule has 0 radical (unpaired) electrons. The molecule has 6 amide bonds. The third-order valence-electron chi connectivity index (χ3n) is 6.38. The molecule has 2 saturated carbocycles. The number of nitrogens with one attached hydrogen (secondary N) is 2. The predicted octanol–water partition coefficient (Wildman–Crippen LogP) is 1.28. The smallest absolute Gasteiger partial charge is 0.327 e. The molecule has 10 nitrogen and oxygen atoms in total. The standard InChI is InChI=1S/C20H30N4O6/c1-13(16(26)22-18(28)21-14-8-4-5-9-14)30-15(25)12-24-17(27)20(23(2)19(24)29)10-6-3-7-11-20/h13-14H,3-12H2,1-2H3,(H2,21,22,26,28)/t13-/m0/s1. The number of nitrogens with zero attached hydrogens (tertiary/aromatic N) is 2. The van der Waals surface area contributed by atoms with Crippen LogP contribution < -0.4 is 10.6 Å². The Morgan fingerprint density at radius 1 is 1.10 bits per heavy atom. The summed E-state index contributed by atoms with van der Waals surface area (Å²) in [4.78, 5) is 64.0. The number of carbonyl (C=O) groups excluding carboxylic acids is 5. The van der Waals surface area contributed by atoms with Crippen LogP contribution in [0.15, 0.2) is 0 Å². The van der Waals surface area contributed by atoms with Crippen molar-refractivity contribution in [2.45, 2.75) is 82.4 Å². The summed E-state index contributed by atoms with van der Waals surface area (Å²) in [6.07, 6.45) is 6.46. The first-order chi connectivity index (χ1) is 14.2. The van der Waals surface area contributed by atoms with Crippen molar-refractivity contribution in [2.75, 3.05) is 13.6 Å². The molecule has 0 bridgehead atoms. The molecule has 3 aliphatic rings. The molecule has 1 atom stereocenters. The van der Waals surface area contributed by atoms with Gasteiger partial charge in [-0.25, -0.2) is 9.59 Å². The van der Waals surface area contributed by atoms with Crippen LogP contribution in [0.3, 0.4) is 0 Å². The first kappa shape index (κ1) is 22.0. The van der Waals surface area contributed by atoms with Gasteiger partial charge in [0.2, 0.25) is 0 Å². The quantitative estimate of drug-likeness (QED) is 0.508. The number of imide groups is 2. The van der Waals surface area contributed by atoms with Gasteiger partial charge in [-0.1, -0.05) is 32.1 Å². The van der Waals surface area contributed by atoms with Crippen molar-refractivity contribution in [3.8, 4) is 0 Å². The lowest BCUT2D eigenvalue weighted by atomic mass is 9.81. The van der Waals surface area contributed by atoms with E-state index in [0.29, 0.717) is 12.8 Å². The molecule has 2 N–H and O–H groups in total. The van der Waals surface area contributed by atoms with Crippen molar-refractivity contribution in [2.24, 2.45) is 0 Å². The molecule has 1 spiro atoms. The first-order valence-electron chi connectivity index (χ1n) is 10.7. The second-order valence-electron chi connectivity index (χ2n) is 8.40. The summed E-state index contributed by atoms with van der Waals surface area (Å²) >= 11 is 0. The van der Waals surface area contributed by atoms with Crippen LogP contribution in [0.5, 0.6) is 0 Å². The number of esters is 1. The van der Waals surface area contributed by atoms with E-state index in [2.05, 4.69) is 10.6 Å². The van der Waals surface area contributed by atoms with Crippen LogP contribution in [0, 0.1) is 0 Å². The topological polar surface area (TPSA) is 125 Å². The largest absolute Gasteiger partial charge is 0.451 e. The number of hydrogen-bond acceptors (Lipinski definition) is 6. The highest BCUT2D eigenvalue weighted by molar-refractivity contribution is 6.08. The lowest BCUT2D eigenvalue weighted by Crippen LogP contribution is -2.49. The average Bonchev–Trinajstić information content (AvgIpc) is 3.28. The Balaban J connectivity index is 1.50. The normalized spacial score (nSPS) is 22.3. The Morgan fingerprint density at radius 3 is 2.37 bits per heavy atom. The zero-order valence-electron chi connectivity index (χ0n) is 17.6. The van der Waals surface area contributed by atoms with E-state index in [9.17, 15) is 24.0 Å². The maximum absolute atomic E-state index is 12.9. The molecule has 10 heteroatoms. The third-order valence-corrected chi connectivity index (χ3v) is 6.38. The van der Waals surface area contributed by atoms with Gasteiger partial charge in [-0.2, -0.15) is 0 Å². The Morgan fingerprint density at radius 2 is 1.73 bits per heavy atom. The number of carbonyl (C=O) groups is 5. The van der Waals surface area contributed by atoms with Crippen molar-refractivity contribution < 1.29 is 28.7 Å². The van der Waals surface area contributed by atoms with Crippen LogP contribution in [0.4, 0.5) is 9.59 Å². The van der Waals surface area contributed by atoms with Crippen molar-refractivity contribution in [1.29, 1.82) is 0 Å². The number of ether oxygens (including phenoxy) is 1. The fourth-order valence-corrected chi connectivity index (χ4v) is 4.59. The molecule has 3 fully saturated rings. The summed E-state index contributed by atoms with van der Waals surface area (Å²) in [6.45, 7) is 0.772. The summed E-state index contributed by atoms with van der Waals surface area (Å²) in [5, 5.41) is 4.87. The van der Waals surface area contributed by atoms with E-state index in [4.69, 9.17) is 4.74 Å². The number of rotatable bonds is 5. The van der Waals surface area contributed by atoms with Gasteiger partial charge in [0.25, 0.3) is 11.8 Å². The van der Waals surface area contributed by atoms with Gasteiger partial charge in [0.15, 0.2) is 6.10 Å².